The number of benzene rings is 3. The average Bonchev–Trinajstić information content (AvgIpc) is 3.01. The van der Waals surface area contributed by atoms with Gasteiger partial charge in [0.25, 0.3) is 0 Å². The van der Waals surface area contributed by atoms with Gasteiger partial charge in [-0.05, 0) is 84.4 Å². The number of nitrogens with one attached hydrogen (secondary N) is 3. The van der Waals surface area contributed by atoms with Crippen LogP contribution < -0.4 is 16.0 Å². The highest BCUT2D eigenvalue weighted by Crippen LogP contribution is 2.21. The first-order chi connectivity index (χ1) is 20.5. The predicted molar refractivity (Wildman–Crippen MR) is 169 cm³/mol. The summed E-state index contributed by atoms with van der Waals surface area (Å²) in [5.74, 6) is -0.0955. The summed E-state index contributed by atoms with van der Waals surface area (Å²) in [5, 5.41) is 11.6. The van der Waals surface area contributed by atoms with E-state index in [2.05, 4.69) is 30.8 Å². The van der Waals surface area contributed by atoms with Crippen LogP contribution in [-0.4, -0.2) is 46.2 Å². The topological polar surface area (TPSA) is 99.2 Å². The summed E-state index contributed by atoms with van der Waals surface area (Å²) in [6, 6.07) is 31.1. The zero-order chi connectivity index (χ0) is 29.1. The normalized spacial score (nSPS) is 10.9. The Morgan fingerprint density at radius 2 is 1.31 bits per heavy atom. The van der Waals surface area contributed by atoms with E-state index in [1.807, 2.05) is 109 Å². The van der Waals surface area contributed by atoms with Crippen molar-refractivity contribution in [3.63, 3.8) is 0 Å². The Bertz CT molecular complexity index is 1580. The second kappa shape index (κ2) is 14.0. The van der Waals surface area contributed by atoms with Crippen LogP contribution in [0.1, 0.15) is 28.7 Å². The molecule has 0 radical (unpaired) electrons. The van der Waals surface area contributed by atoms with Crippen molar-refractivity contribution in [1.29, 1.82) is 0 Å². The van der Waals surface area contributed by atoms with Gasteiger partial charge in [-0.2, -0.15) is 0 Å². The minimum Gasteiger partial charge on any atom is -0.384 e. The highest BCUT2D eigenvalue weighted by Gasteiger charge is 2.09. The van der Waals surface area contributed by atoms with E-state index in [0.29, 0.717) is 5.56 Å². The molecule has 0 aliphatic rings. The van der Waals surface area contributed by atoms with Gasteiger partial charge in [0.15, 0.2) is 5.78 Å². The maximum absolute atomic E-state index is 12.6. The van der Waals surface area contributed by atoms with Crippen LogP contribution in [0.3, 0.4) is 0 Å². The molecule has 2 heterocycles. The molecule has 0 aliphatic carbocycles. The van der Waals surface area contributed by atoms with Crippen LogP contribution >= 0.6 is 0 Å². The van der Waals surface area contributed by atoms with Gasteiger partial charge in [-0.1, -0.05) is 30.3 Å². The minimum atomic E-state index is -0.137. The van der Waals surface area contributed by atoms with E-state index in [0.717, 1.165) is 65.4 Å². The Hall–Kier alpha value is -5.08. The molecule has 0 fully saturated rings. The van der Waals surface area contributed by atoms with Crippen LogP contribution in [0.4, 0.5) is 17.1 Å². The van der Waals surface area contributed by atoms with E-state index in [9.17, 15) is 9.59 Å². The Kier molecular flexibility index (Phi) is 9.49. The molecule has 42 heavy (non-hydrogen) atoms. The van der Waals surface area contributed by atoms with Crippen LogP contribution in [0.15, 0.2) is 109 Å². The Morgan fingerprint density at radius 3 is 1.95 bits per heavy atom. The number of Topliss-reactive ketones (excluding diaryl/α,β-unsaturated/α-hetero) is 1. The zero-order valence-electron chi connectivity index (χ0n) is 23.6. The van der Waals surface area contributed by atoms with E-state index < -0.39 is 0 Å². The highest BCUT2D eigenvalue weighted by molar-refractivity contribution is 5.99. The van der Waals surface area contributed by atoms with Gasteiger partial charge >= 0.3 is 0 Å². The number of pyridine rings is 2. The van der Waals surface area contributed by atoms with Gasteiger partial charge in [0, 0.05) is 61.2 Å². The quantitative estimate of drug-likeness (QED) is 0.153. The first-order valence-electron chi connectivity index (χ1n) is 14.0. The number of ketones is 1. The highest BCUT2D eigenvalue weighted by atomic mass is 16.2. The smallest absolute Gasteiger partial charge is 0.243 e. The molecule has 2 aromatic heterocycles. The van der Waals surface area contributed by atoms with E-state index >= 15 is 0 Å². The van der Waals surface area contributed by atoms with Crippen molar-refractivity contribution in [2.24, 2.45) is 0 Å². The molecule has 212 valence electrons. The van der Waals surface area contributed by atoms with Gasteiger partial charge in [0.05, 0.1) is 17.9 Å². The summed E-state index contributed by atoms with van der Waals surface area (Å²) in [5.41, 5.74) is 5.28. The van der Waals surface area contributed by atoms with Gasteiger partial charge in [-0.25, -0.2) is 0 Å². The van der Waals surface area contributed by atoms with Crippen LogP contribution in [-0.2, 0) is 17.9 Å². The van der Waals surface area contributed by atoms with Gasteiger partial charge in [-0.15, -0.1) is 0 Å². The summed E-state index contributed by atoms with van der Waals surface area (Å²) in [7, 11) is 0. The van der Waals surface area contributed by atoms with E-state index in [1.165, 1.54) is 0 Å². The molecular weight excluding hydrogens is 524 g/mol. The maximum Gasteiger partial charge on any atom is 0.243 e. The van der Waals surface area contributed by atoms with Crippen molar-refractivity contribution in [2.75, 3.05) is 35.6 Å². The fourth-order valence-electron chi connectivity index (χ4n) is 4.65. The SMILES string of the molecule is CC(=O)c1ccc2cc(NCC(=O)Nc3ccc(NCCN(Cc4ccccn4)Cc4ccccn4)cc3)ccc2c1. The first-order valence-corrected chi connectivity index (χ1v) is 14.0. The number of rotatable bonds is 13. The summed E-state index contributed by atoms with van der Waals surface area (Å²) < 4.78 is 0. The number of aromatic nitrogens is 2. The molecule has 5 aromatic rings. The lowest BCUT2D eigenvalue weighted by molar-refractivity contribution is -0.114. The fourth-order valence-corrected chi connectivity index (χ4v) is 4.65. The molecule has 0 saturated carbocycles. The number of carbonyl (C=O) groups excluding carboxylic acids is 2. The third-order valence-electron chi connectivity index (χ3n) is 6.85. The van der Waals surface area contributed by atoms with Gasteiger partial charge in [0.2, 0.25) is 5.91 Å². The molecule has 3 N–H and O–H groups in total. The van der Waals surface area contributed by atoms with Crippen LogP contribution in [0.2, 0.25) is 0 Å². The van der Waals surface area contributed by atoms with Crippen LogP contribution in [0.5, 0.6) is 0 Å². The van der Waals surface area contributed by atoms with Crippen molar-refractivity contribution in [1.82, 2.24) is 14.9 Å². The third-order valence-corrected chi connectivity index (χ3v) is 6.85. The number of carbonyl (C=O) groups is 2. The molecule has 8 heteroatoms. The Balaban J connectivity index is 1.09. The lowest BCUT2D eigenvalue weighted by atomic mass is 10.0. The molecule has 3 aromatic carbocycles. The third kappa shape index (κ3) is 8.22. The van der Waals surface area contributed by atoms with Crippen molar-refractivity contribution in [2.45, 2.75) is 20.0 Å². The first kappa shape index (κ1) is 28.4. The molecule has 0 unspecified atom stereocenters. The predicted octanol–water partition coefficient (Wildman–Crippen LogP) is 6.00. The van der Waals surface area contributed by atoms with Crippen LogP contribution in [0.25, 0.3) is 10.8 Å². The molecule has 1 amide bonds. The lowest BCUT2D eigenvalue weighted by Crippen LogP contribution is -2.29. The molecule has 8 nitrogen and oxygen atoms in total. The molecule has 0 saturated heterocycles. The van der Waals surface area contributed by atoms with Crippen molar-refractivity contribution in [3.05, 3.63) is 126 Å². The number of anilines is 3. The second-order valence-electron chi connectivity index (χ2n) is 10.1. The molecule has 0 atom stereocenters. The molecule has 0 aliphatic heterocycles. The average molecular weight is 559 g/mol. The molecule has 5 rings (SSSR count). The molecule has 0 spiro atoms. The van der Waals surface area contributed by atoms with Crippen molar-refractivity contribution < 1.29 is 9.59 Å². The van der Waals surface area contributed by atoms with Crippen molar-refractivity contribution in [3.8, 4) is 0 Å². The number of hydrogen-bond acceptors (Lipinski definition) is 7. The second-order valence-corrected chi connectivity index (χ2v) is 10.1. The van der Waals surface area contributed by atoms with Gasteiger partial charge < -0.3 is 16.0 Å². The van der Waals surface area contributed by atoms with E-state index in [4.69, 9.17) is 0 Å². The summed E-state index contributed by atoms with van der Waals surface area (Å²) >= 11 is 0. The number of amides is 1. The number of nitrogens with zero attached hydrogens (tertiary/aromatic N) is 3. The van der Waals surface area contributed by atoms with E-state index in [-0.39, 0.29) is 18.2 Å². The zero-order valence-corrected chi connectivity index (χ0v) is 23.6. The van der Waals surface area contributed by atoms with Gasteiger partial charge in [-0.3, -0.25) is 24.5 Å². The van der Waals surface area contributed by atoms with Crippen molar-refractivity contribution >= 4 is 39.5 Å². The minimum absolute atomic E-state index is 0.0411. The summed E-state index contributed by atoms with van der Waals surface area (Å²) in [4.78, 5) is 35.5. The Labute approximate surface area is 245 Å². The summed E-state index contributed by atoms with van der Waals surface area (Å²) in [6.45, 7) is 4.72. The standard InChI is InChI=1S/C34H34N6O2/c1-25(41)26-8-9-28-21-31(11-10-27(28)20-26)38-22-34(42)39-30-14-12-29(13-15-30)37-18-19-40(23-32-6-2-4-16-35-32)24-33-7-3-5-17-36-33/h2-17,20-21,37-38H,18-19,22-24H2,1H3,(H,39,42). The number of fused-ring (bicyclic) bond motifs is 1. The largest absolute Gasteiger partial charge is 0.384 e. The fraction of sp³-hybridized carbons (Fsp3) is 0.176. The maximum atomic E-state index is 12.6. The van der Waals surface area contributed by atoms with Crippen LogP contribution in [0, 0.1) is 0 Å². The van der Waals surface area contributed by atoms with Gasteiger partial charge in [0.1, 0.15) is 0 Å². The summed E-state index contributed by atoms with van der Waals surface area (Å²) in [6.07, 6.45) is 3.64. The monoisotopic (exact) mass is 558 g/mol. The molecule has 0 bridgehead atoms. The van der Waals surface area contributed by atoms with E-state index in [1.54, 1.807) is 6.92 Å². The molecular formula is C34H34N6O2. The lowest BCUT2D eigenvalue weighted by Gasteiger charge is -2.22. The number of hydrogen-bond donors (Lipinski definition) is 3. The Morgan fingerprint density at radius 1 is 0.690 bits per heavy atom.